The lowest BCUT2D eigenvalue weighted by molar-refractivity contribution is -0.142. The number of aliphatic imine (C=N–C) groups is 1. The van der Waals surface area contributed by atoms with Crippen LogP contribution in [0.2, 0.25) is 0 Å². The first-order valence-corrected chi connectivity index (χ1v) is 8.75. The quantitative estimate of drug-likeness (QED) is 0.375. The first kappa shape index (κ1) is 17.8. The zero-order chi connectivity index (χ0) is 18.0. The Morgan fingerprint density at radius 1 is 1.44 bits per heavy atom. The highest BCUT2D eigenvalue weighted by Gasteiger charge is 2.47. The van der Waals surface area contributed by atoms with Gasteiger partial charge in [-0.25, -0.2) is 14.0 Å². The number of hydrogen-bond acceptors (Lipinski definition) is 7. The summed E-state index contributed by atoms with van der Waals surface area (Å²) in [5.74, 6) is -1.48. The third-order valence-electron chi connectivity index (χ3n) is 3.78. The number of nitrogens with zero attached hydrogens (tertiary/aromatic N) is 3. The van der Waals surface area contributed by atoms with Crippen molar-refractivity contribution >= 4 is 45.2 Å². The van der Waals surface area contributed by atoms with E-state index in [-0.39, 0.29) is 21.0 Å². The molecule has 0 spiro atoms. The molecule has 3 rings (SSSR count). The van der Waals surface area contributed by atoms with E-state index in [1.54, 1.807) is 0 Å². The van der Waals surface area contributed by atoms with Crippen molar-refractivity contribution in [3.8, 4) is 0 Å². The van der Waals surface area contributed by atoms with Crippen molar-refractivity contribution in [2.24, 2.45) is 4.99 Å². The molecule has 0 bridgehead atoms. The molecule has 0 aliphatic heterocycles. The number of nitrogens with one attached hydrogen (secondary N) is 1. The molecular weight excluding hydrogens is 419 g/mol. The fraction of sp³-hybridized carbons (Fsp3) is 0.286. The van der Waals surface area contributed by atoms with Crippen molar-refractivity contribution in [1.82, 2.24) is 15.8 Å². The van der Waals surface area contributed by atoms with E-state index in [1.165, 1.54) is 18.2 Å². The highest BCUT2D eigenvalue weighted by atomic mass is 79.9. The highest BCUT2D eigenvalue weighted by molar-refractivity contribution is 9.10. The first-order valence-electron chi connectivity index (χ1n) is 7.14. The highest BCUT2D eigenvalue weighted by Crippen LogP contribution is 2.48. The number of carboxylic acid groups (broad SMARTS) is 1. The summed E-state index contributed by atoms with van der Waals surface area (Å²) in [6.45, 7) is 0. The van der Waals surface area contributed by atoms with Gasteiger partial charge < -0.3 is 5.11 Å². The summed E-state index contributed by atoms with van der Waals surface area (Å²) in [4.78, 5) is 15.6. The summed E-state index contributed by atoms with van der Waals surface area (Å²) in [5, 5.41) is 26.4. The monoisotopic (exact) mass is 430 g/mol. The lowest BCUT2D eigenvalue weighted by Crippen LogP contribution is -2.42. The van der Waals surface area contributed by atoms with Gasteiger partial charge in [-0.15, -0.1) is 0 Å². The van der Waals surface area contributed by atoms with Gasteiger partial charge in [-0.2, -0.15) is 0 Å². The van der Waals surface area contributed by atoms with E-state index < -0.39 is 16.5 Å². The molecule has 1 aliphatic carbocycles. The zero-order valence-electron chi connectivity index (χ0n) is 12.6. The topological polar surface area (TPSA) is 121 Å². The summed E-state index contributed by atoms with van der Waals surface area (Å²) in [6, 6.07) is 4.03. The summed E-state index contributed by atoms with van der Waals surface area (Å²) in [6.07, 6.45) is 1.81. The van der Waals surface area contributed by atoms with Crippen LogP contribution in [0.5, 0.6) is 0 Å². The molecule has 132 valence electrons. The summed E-state index contributed by atoms with van der Waals surface area (Å²) < 4.78 is 17.2. The molecule has 1 fully saturated rings. The standard InChI is InChI=1S/C14H12BrFN4O4S/c15-8-6-7(2-3-9(8)16)17-11(18-23)10-12(20-24-19-10)25-14(13(21)22)4-1-5-14/h2-3,6,23H,1,4-5H2,(H,17,18)(H,21,22). The van der Waals surface area contributed by atoms with Crippen molar-refractivity contribution in [2.45, 2.75) is 29.0 Å². The van der Waals surface area contributed by atoms with Crippen LogP contribution in [0.25, 0.3) is 0 Å². The fourth-order valence-corrected chi connectivity index (χ4v) is 3.87. The van der Waals surface area contributed by atoms with Gasteiger partial charge in [-0.1, -0.05) is 11.8 Å². The normalized spacial score (nSPS) is 16.4. The molecule has 3 N–H and O–H groups in total. The Hall–Kier alpha value is -1.98. The van der Waals surface area contributed by atoms with Crippen LogP contribution in [0.1, 0.15) is 25.0 Å². The molecule has 8 nitrogen and oxygen atoms in total. The predicted octanol–water partition coefficient (Wildman–Crippen LogP) is 3.13. The van der Waals surface area contributed by atoms with E-state index in [9.17, 15) is 19.5 Å². The van der Waals surface area contributed by atoms with Crippen LogP contribution in [0.4, 0.5) is 10.1 Å². The van der Waals surface area contributed by atoms with Crippen molar-refractivity contribution in [1.29, 1.82) is 0 Å². The van der Waals surface area contributed by atoms with Crippen LogP contribution in [0, 0.1) is 5.82 Å². The lowest BCUT2D eigenvalue weighted by atomic mass is 9.84. The van der Waals surface area contributed by atoms with Crippen molar-refractivity contribution in [3.63, 3.8) is 0 Å². The number of hydrogen-bond donors (Lipinski definition) is 3. The van der Waals surface area contributed by atoms with Gasteiger partial charge >= 0.3 is 5.97 Å². The van der Waals surface area contributed by atoms with Crippen LogP contribution < -0.4 is 5.48 Å². The third-order valence-corrected chi connectivity index (χ3v) is 5.82. The predicted molar refractivity (Wildman–Crippen MR) is 89.6 cm³/mol. The van der Waals surface area contributed by atoms with Crippen LogP contribution in [0.3, 0.4) is 0 Å². The summed E-state index contributed by atoms with van der Waals surface area (Å²) in [5.41, 5.74) is 2.30. The smallest absolute Gasteiger partial charge is 0.320 e. The molecule has 0 unspecified atom stereocenters. The third kappa shape index (κ3) is 3.53. The molecule has 1 aromatic heterocycles. The molecule has 1 saturated carbocycles. The van der Waals surface area contributed by atoms with E-state index in [0.29, 0.717) is 18.5 Å². The molecule has 2 aromatic rings. The fourth-order valence-electron chi connectivity index (χ4n) is 2.25. The number of aromatic nitrogens is 2. The van der Waals surface area contributed by atoms with Crippen LogP contribution in [-0.2, 0) is 4.79 Å². The number of halogens is 2. The van der Waals surface area contributed by atoms with Gasteiger partial charge in [0.05, 0.1) is 10.2 Å². The van der Waals surface area contributed by atoms with Gasteiger partial charge in [0.25, 0.3) is 0 Å². The Bertz CT molecular complexity index is 840. The van der Waals surface area contributed by atoms with Gasteiger partial charge in [0.1, 0.15) is 10.6 Å². The Balaban J connectivity index is 1.92. The molecule has 1 aromatic carbocycles. The van der Waals surface area contributed by atoms with E-state index in [0.717, 1.165) is 18.2 Å². The number of carbonyl (C=O) groups is 1. The number of thioether (sulfide) groups is 1. The maximum absolute atomic E-state index is 13.3. The van der Waals surface area contributed by atoms with Gasteiger partial charge in [0.2, 0.25) is 0 Å². The second-order valence-corrected chi connectivity index (χ2v) is 7.57. The molecular formula is C14H12BrFN4O4S. The van der Waals surface area contributed by atoms with Crippen molar-refractivity contribution in [3.05, 3.63) is 34.2 Å². The van der Waals surface area contributed by atoms with E-state index in [2.05, 4.69) is 35.9 Å². The molecule has 1 heterocycles. The van der Waals surface area contributed by atoms with Gasteiger partial charge in [0, 0.05) is 0 Å². The minimum atomic E-state index is -0.979. The number of hydroxylamine groups is 1. The Labute approximate surface area is 153 Å². The average Bonchev–Trinajstić information content (AvgIpc) is 2.99. The molecule has 0 radical (unpaired) electrons. The Kier molecular flexibility index (Phi) is 5.06. The van der Waals surface area contributed by atoms with Gasteiger partial charge in [-0.05, 0) is 63.7 Å². The molecule has 0 amide bonds. The number of rotatable bonds is 5. The van der Waals surface area contributed by atoms with E-state index in [1.807, 2.05) is 5.48 Å². The van der Waals surface area contributed by atoms with Crippen LogP contribution >= 0.6 is 27.7 Å². The number of benzene rings is 1. The second kappa shape index (κ2) is 7.10. The van der Waals surface area contributed by atoms with Crippen LogP contribution in [-0.4, -0.2) is 37.2 Å². The van der Waals surface area contributed by atoms with Crippen LogP contribution in [0.15, 0.2) is 37.3 Å². The number of aliphatic carboxylic acids is 1. The minimum Gasteiger partial charge on any atom is -0.480 e. The van der Waals surface area contributed by atoms with Gasteiger partial charge in [-0.3, -0.25) is 15.5 Å². The molecule has 25 heavy (non-hydrogen) atoms. The molecule has 11 heteroatoms. The largest absolute Gasteiger partial charge is 0.480 e. The van der Waals surface area contributed by atoms with Gasteiger partial charge in [0.15, 0.2) is 16.6 Å². The Morgan fingerprint density at radius 3 is 2.76 bits per heavy atom. The van der Waals surface area contributed by atoms with Crippen molar-refractivity contribution < 1.29 is 24.1 Å². The lowest BCUT2D eigenvalue weighted by Gasteiger charge is -2.35. The SMILES string of the molecule is O=C(O)C1(Sc2nonc2C(=Nc2ccc(F)c(Br)c2)NO)CCC1. The summed E-state index contributed by atoms with van der Waals surface area (Å²) in [7, 11) is 0. The number of amidine groups is 1. The average molecular weight is 431 g/mol. The Morgan fingerprint density at radius 2 is 2.20 bits per heavy atom. The maximum atomic E-state index is 13.3. The van der Waals surface area contributed by atoms with E-state index in [4.69, 9.17) is 0 Å². The summed E-state index contributed by atoms with van der Waals surface area (Å²) >= 11 is 4.06. The van der Waals surface area contributed by atoms with Crippen molar-refractivity contribution in [2.75, 3.05) is 0 Å². The first-order chi connectivity index (χ1) is 11.9. The molecule has 0 saturated heterocycles. The minimum absolute atomic E-state index is 0.0699. The zero-order valence-corrected chi connectivity index (χ0v) is 15.0. The molecule has 0 atom stereocenters. The maximum Gasteiger partial charge on any atom is 0.320 e. The van der Waals surface area contributed by atoms with E-state index >= 15 is 0 Å². The number of carboxylic acids is 1. The second-order valence-electron chi connectivity index (χ2n) is 5.34. The molecule has 1 aliphatic rings.